The minimum atomic E-state index is -2.44. The molecule has 1 aliphatic heterocycles. The smallest absolute Gasteiger partial charge is 0.410 e. The zero-order valence-electron chi connectivity index (χ0n) is 15.7. The monoisotopic (exact) mass is 396 g/mol. The number of hydrogen-bond acceptors (Lipinski definition) is 5. The number of morpholine rings is 1. The minimum Gasteiger partial charge on any atom is -0.436 e. The molecule has 1 aromatic rings. The average Bonchev–Trinajstić information content (AvgIpc) is 2.66. The Morgan fingerprint density at radius 2 is 1.96 bits per heavy atom. The fourth-order valence-electron chi connectivity index (χ4n) is 2.75. The molecule has 2 amide bonds. The predicted octanol–water partition coefficient (Wildman–Crippen LogP) is 1.27. The molecule has 0 aliphatic carbocycles. The Morgan fingerprint density at radius 3 is 2.59 bits per heavy atom. The lowest BCUT2D eigenvalue weighted by molar-refractivity contribution is -0.130. The molecule has 1 unspecified atom stereocenters. The van der Waals surface area contributed by atoms with Crippen LogP contribution in [-0.2, 0) is 29.5 Å². The van der Waals surface area contributed by atoms with E-state index in [1.165, 1.54) is 4.90 Å². The first-order valence-electron chi connectivity index (χ1n) is 9.09. The van der Waals surface area contributed by atoms with Gasteiger partial charge in [-0.2, -0.15) is 0 Å². The molecule has 8 heteroatoms. The second kappa shape index (κ2) is 10.3. The highest BCUT2D eigenvalue weighted by atomic mass is 32.2. The second-order valence-electron chi connectivity index (χ2n) is 6.46. The topological polar surface area (TPSA) is 84.9 Å². The first-order chi connectivity index (χ1) is 12.9. The Balaban J connectivity index is 1.96. The van der Waals surface area contributed by atoms with Crippen molar-refractivity contribution < 1.29 is 23.3 Å². The Morgan fingerprint density at radius 1 is 1.30 bits per heavy atom. The molecule has 150 valence electrons. The molecular weight excluding hydrogens is 368 g/mol. The van der Waals surface area contributed by atoms with Crippen LogP contribution < -0.4 is 5.32 Å². The standard InChI is InChI=1S/C19H28N2O5S/c1-3-20-18(22)17(26-19(23)21-10-12-25-13-11-21)9-14-27(2,24)15-16-7-5-4-6-8-16/h4-8,17H,2-3,9-15H2,1H3,(H,20,22)/t17-,27?/m0/s1. The van der Waals surface area contributed by atoms with Gasteiger partial charge < -0.3 is 19.7 Å². The van der Waals surface area contributed by atoms with E-state index in [-0.39, 0.29) is 18.1 Å². The second-order valence-corrected chi connectivity index (χ2v) is 9.08. The van der Waals surface area contributed by atoms with E-state index in [4.69, 9.17) is 9.47 Å². The molecule has 1 aliphatic rings. The van der Waals surface area contributed by atoms with E-state index < -0.39 is 21.7 Å². The van der Waals surface area contributed by atoms with E-state index >= 15 is 0 Å². The summed E-state index contributed by atoms with van der Waals surface area (Å²) in [4.78, 5) is 26.1. The van der Waals surface area contributed by atoms with Gasteiger partial charge in [-0.1, -0.05) is 30.3 Å². The lowest BCUT2D eigenvalue weighted by Gasteiger charge is -2.28. The van der Waals surface area contributed by atoms with Crippen LogP contribution in [-0.4, -0.2) is 71.7 Å². The van der Waals surface area contributed by atoms with Crippen molar-refractivity contribution in [3.05, 3.63) is 35.9 Å². The van der Waals surface area contributed by atoms with Crippen molar-refractivity contribution in [3.63, 3.8) is 0 Å². The molecule has 0 bridgehead atoms. The molecule has 1 heterocycles. The van der Waals surface area contributed by atoms with Gasteiger partial charge in [0.05, 0.1) is 13.2 Å². The SMILES string of the molecule is C=S(=O)(CC[C@H](OC(=O)N1CCOCC1)C(=O)NCC)Cc1ccccc1. The Bertz CT molecular complexity index is 715. The van der Waals surface area contributed by atoms with Gasteiger partial charge in [0.2, 0.25) is 0 Å². The van der Waals surface area contributed by atoms with E-state index in [2.05, 4.69) is 11.2 Å². The lowest BCUT2D eigenvalue weighted by Crippen LogP contribution is -2.45. The maximum absolute atomic E-state index is 12.8. The highest BCUT2D eigenvalue weighted by Gasteiger charge is 2.27. The van der Waals surface area contributed by atoms with Gasteiger partial charge in [0.1, 0.15) is 0 Å². The number of nitrogens with one attached hydrogen (secondary N) is 1. The van der Waals surface area contributed by atoms with Crippen LogP contribution >= 0.6 is 0 Å². The maximum atomic E-state index is 12.8. The average molecular weight is 397 g/mol. The third kappa shape index (κ3) is 7.22. The van der Waals surface area contributed by atoms with E-state index in [0.717, 1.165) is 5.56 Å². The molecule has 0 aromatic heterocycles. The summed E-state index contributed by atoms with van der Waals surface area (Å²) in [6, 6.07) is 9.44. The quantitative estimate of drug-likeness (QED) is 0.669. The van der Waals surface area contributed by atoms with Crippen molar-refractivity contribution >= 4 is 27.4 Å². The number of benzene rings is 1. The molecule has 0 saturated carbocycles. The summed E-state index contributed by atoms with van der Waals surface area (Å²) in [6.07, 6.45) is -1.37. The van der Waals surface area contributed by atoms with Crippen LogP contribution in [0.25, 0.3) is 0 Å². The van der Waals surface area contributed by atoms with Crippen molar-refractivity contribution in [1.29, 1.82) is 0 Å². The molecule has 0 spiro atoms. The van der Waals surface area contributed by atoms with Crippen LogP contribution in [0.5, 0.6) is 0 Å². The van der Waals surface area contributed by atoms with Gasteiger partial charge in [0.25, 0.3) is 5.91 Å². The van der Waals surface area contributed by atoms with Gasteiger partial charge in [-0.3, -0.25) is 9.00 Å². The predicted molar refractivity (Wildman–Crippen MR) is 106 cm³/mol. The number of carbonyl (C=O) groups excluding carboxylic acids is 2. The summed E-state index contributed by atoms with van der Waals surface area (Å²) >= 11 is 0. The summed E-state index contributed by atoms with van der Waals surface area (Å²) in [5.74, 6) is 3.98. The molecular formula is C19H28N2O5S. The molecule has 0 radical (unpaired) electrons. The van der Waals surface area contributed by atoms with Crippen LogP contribution in [0, 0.1) is 0 Å². The first kappa shape index (κ1) is 21.2. The van der Waals surface area contributed by atoms with E-state index in [0.29, 0.717) is 38.6 Å². The molecule has 7 nitrogen and oxygen atoms in total. The summed E-state index contributed by atoms with van der Waals surface area (Å²) in [5, 5.41) is 2.67. The third-order valence-electron chi connectivity index (χ3n) is 4.18. The van der Waals surface area contributed by atoms with Crippen molar-refractivity contribution in [1.82, 2.24) is 10.2 Å². The van der Waals surface area contributed by atoms with Crippen LogP contribution in [0.3, 0.4) is 0 Å². The van der Waals surface area contributed by atoms with E-state index in [1.807, 2.05) is 30.3 Å². The summed E-state index contributed by atoms with van der Waals surface area (Å²) in [6.45, 7) is 3.98. The molecule has 2 atom stereocenters. The summed E-state index contributed by atoms with van der Waals surface area (Å²) < 4.78 is 23.4. The number of likely N-dealkylation sites (N-methyl/N-ethyl adjacent to an activating group) is 1. The summed E-state index contributed by atoms with van der Waals surface area (Å²) in [7, 11) is -2.44. The van der Waals surface area contributed by atoms with Crippen molar-refractivity contribution in [2.75, 3.05) is 38.6 Å². The minimum absolute atomic E-state index is 0.164. The highest BCUT2D eigenvalue weighted by molar-refractivity contribution is 7.99. The zero-order valence-corrected chi connectivity index (χ0v) is 16.5. The Hall–Kier alpha value is -2.06. The number of amides is 2. The van der Waals surface area contributed by atoms with Gasteiger partial charge in [-0.05, 0) is 27.9 Å². The number of hydrogen-bond donors (Lipinski definition) is 1. The normalized spacial score (nSPS) is 17.6. The largest absolute Gasteiger partial charge is 0.436 e. The molecule has 2 rings (SSSR count). The molecule has 27 heavy (non-hydrogen) atoms. The van der Waals surface area contributed by atoms with Crippen molar-refractivity contribution in [2.45, 2.75) is 25.2 Å². The van der Waals surface area contributed by atoms with Gasteiger partial charge in [-0.15, -0.1) is 0 Å². The summed E-state index contributed by atoms with van der Waals surface area (Å²) in [5.41, 5.74) is 0.928. The molecule has 1 N–H and O–H groups in total. The number of ether oxygens (including phenoxy) is 2. The van der Waals surface area contributed by atoms with Crippen LogP contribution in [0.15, 0.2) is 30.3 Å². The highest BCUT2D eigenvalue weighted by Crippen LogP contribution is 2.11. The Kier molecular flexibility index (Phi) is 8.12. The van der Waals surface area contributed by atoms with Crippen molar-refractivity contribution in [3.8, 4) is 0 Å². The number of rotatable bonds is 8. The van der Waals surface area contributed by atoms with E-state index in [9.17, 15) is 13.8 Å². The molecule has 1 saturated heterocycles. The van der Waals surface area contributed by atoms with E-state index in [1.54, 1.807) is 6.92 Å². The lowest BCUT2D eigenvalue weighted by atomic mass is 10.2. The number of nitrogens with zero attached hydrogens (tertiary/aromatic N) is 1. The maximum Gasteiger partial charge on any atom is 0.410 e. The van der Waals surface area contributed by atoms with Crippen LogP contribution in [0.2, 0.25) is 0 Å². The third-order valence-corrected chi connectivity index (χ3v) is 6.02. The van der Waals surface area contributed by atoms with Crippen LogP contribution in [0.1, 0.15) is 18.9 Å². The molecule has 1 fully saturated rings. The zero-order chi connectivity index (χ0) is 19.7. The fraction of sp³-hybridized carbons (Fsp3) is 0.526. The van der Waals surface area contributed by atoms with Gasteiger partial charge in [0.15, 0.2) is 6.10 Å². The van der Waals surface area contributed by atoms with Crippen molar-refractivity contribution in [2.24, 2.45) is 0 Å². The van der Waals surface area contributed by atoms with Crippen LogP contribution in [0.4, 0.5) is 4.79 Å². The fourth-order valence-corrected chi connectivity index (χ4v) is 4.33. The Labute approximate surface area is 161 Å². The van der Waals surface area contributed by atoms with Gasteiger partial charge in [-0.25, -0.2) is 4.79 Å². The van der Waals surface area contributed by atoms with Gasteiger partial charge >= 0.3 is 6.09 Å². The van der Waals surface area contributed by atoms with Gasteiger partial charge in [0, 0.05) is 37.6 Å². The first-order valence-corrected chi connectivity index (χ1v) is 11.2. The molecule has 1 aromatic carbocycles. The number of carbonyl (C=O) groups is 2.